The van der Waals surface area contributed by atoms with Crippen LogP contribution in [-0.2, 0) is 17.8 Å². The zero-order valence-corrected chi connectivity index (χ0v) is 12.2. The van der Waals surface area contributed by atoms with Crippen LogP contribution in [-0.4, -0.2) is 30.0 Å². The van der Waals surface area contributed by atoms with Gasteiger partial charge in [0.1, 0.15) is 6.54 Å². The Balaban J connectivity index is 1.75. The zero-order chi connectivity index (χ0) is 15.6. The van der Waals surface area contributed by atoms with E-state index in [0.717, 1.165) is 37.0 Å². The van der Waals surface area contributed by atoms with Gasteiger partial charge in [-0.25, -0.2) is 0 Å². The Kier molecular flexibility index (Phi) is 4.40. The van der Waals surface area contributed by atoms with Crippen LogP contribution in [0.3, 0.4) is 0 Å². The fourth-order valence-corrected chi connectivity index (χ4v) is 2.93. The first-order valence-electron chi connectivity index (χ1n) is 7.47. The van der Waals surface area contributed by atoms with Gasteiger partial charge < -0.3 is 14.6 Å². The maximum atomic E-state index is 12.6. The normalized spacial score (nSPS) is 17.2. The minimum absolute atomic E-state index is 0.418. The van der Waals surface area contributed by atoms with Gasteiger partial charge in [-0.15, -0.1) is 0 Å². The maximum Gasteiger partial charge on any atom is 0.406 e. The number of hydrogen-bond donors (Lipinski definition) is 1. The lowest BCUT2D eigenvalue weighted by Gasteiger charge is -2.23. The Labute approximate surface area is 127 Å². The molecule has 1 aliphatic rings. The SMILES string of the molecule is FC(F)(F)Cn1ccc2c(CNC3CCOCC3)cccc21. The van der Waals surface area contributed by atoms with Gasteiger partial charge in [0, 0.05) is 42.9 Å². The lowest BCUT2D eigenvalue weighted by atomic mass is 10.1. The van der Waals surface area contributed by atoms with Crippen LogP contribution in [0.2, 0.25) is 0 Å². The number of alkyl halides is 3. The molecular weight excluding hydrogens is 293 g/mol. The molecule has 1 saturated heterocycles. The highest BCUT2D eigenvalue weighted by Crippen LogP contribution is 2.25. The lowest BCUT2D eigenvalue weighted by molar-refractivity contribution is -0.139. The molecule has 6 heteroatoms. The van der Waals surface area contributed by atoms with Crippen LogP contribution < -0.4 is 5.32 Å². The number of nitrogens with one attached hydrogen (secondary N) is 1. The highest BCUT2D eigenvalue weighted by Gasteiger charge is 2.28. The van der Waals surface area contributed by atoms with Gasteiger partial charge in [0.05, 0.1) is 0 Å². The van der Waals surface area contributed by atoms with Gasteiger partial charge in [0.2, 0.25) is 0 Å². The number of nitrogens with zero attached hydrogens (tertiary/aromatic N) is 1. The van der Waals surface area contributed by atoms with E-state index < -0.39 is 12.7 Å². The average molecular weight is 312 g/mol. The Morgan fingerprint density at radius 2 is 1.95 bits per heavy atom. The van der Waals surface area contributed by atoms with Crippen LogP contribution in [0.4, 0.5) is 13.2 Å². The minimum Gasteiger partial charge on any atom is -0.381 e. The van der Waals surface area contributed by atoms with Gasteiger partial charge in [0.15, 0.2) is 0 Å². The number of halogens is 3. The molecule has 0 radical (unpaired) electrons. The smallest absolute Gasteiger partial charge is 0.381 e. The standard InChI is InChI=1S/C16H19F3N2O/c17-16(18,19)11-21-7-4-14-12(2-1-3-15(14)21)10-20-13-5-8-22-9-6-13/h1-4,7,13,20H,5-6,8-11H2. The van der Waals surface area contributed by atoms with Crippen LogP contribution in [0.1, 0.15) is 18.4 Å². The summed E-state index contributed by atoms with van der Waals surface area (Å²) in [4.78, 5) is 0. The summed E-state index contributed by atoms with van der Waals surface area (Å²) in [5.41, 5.74) is 1.66. The largest absolute Gasteiger partial charge is 0.406 e. The molecule has 2 heterocycles. The van der Waals surface area contributed by atoms with Crippen LogP contribution in [0.5, 0.6) is 0 Å². The van der Waals surface area contributed by atoms with Crippen molar-refractivity contribution in [2.75, 3.05) is 13.2 Å². The molecule has 0 spiro atoms. The molecule has 1 aliphatic heterocycles. The summed E-state index contributed by atoms with van der Waals surface area (Å²) in [7, 11) is 0. The first kappa shape index (κ1) is 15.4. The molecule has 0 atom stereocenters. The van der Waals surface area contributed by atoms with Crippen molar-refractivity contribution in [3.63, 3.8) is 0 Å². The molecule has 0 unspecified atom stereocenters. The quantitative estimate of drug-likeness (QED) is 0.935. The first-order valence-corrected chi connectivity index (χ1v) is 7.47. The molecule has 0 amide bonds. The molecule has 0 aliphatic carbocycles. The van der Waals surface area contributed by atoms with Crippen molar-refractivity contribution in [2.45, 2.75) is 38.1 Å². The predicted octanol–water partition coefficient (Wildman–Crippen LogP) is 3.47. The van der Waals surface area contributed by atoms with Gasteiger partial charge >= 0.3 is 6.18 Å². The summed E-state index contributed by atoms with van der Waals surface area (Å²) in [6.07, 6.45) is -0.742. The Bertz CT molecular complexity index is 630. The zero-order valence-electron chi connectivity index (χ0n) is 12.2. The van der Waals surface area contributed by atoms with Crippen molar-refractivity contribution < 1.29 is 17.9 Å². The summed E-state index contributed by atoms with van der Waals surface area (Å²) < 4.78 is 44.4. The topological polar surface area (TPSA) is 26.2 Å². The number of aromatic nitrogens is 1. The summed E-state index contributed by atoms with van der Waals surface area (Å²) >= 11 is 0. The maximum absolute atomic E-state index is 12.6. The number of ether oxygens (including phenoxy) is 1. The Hall–Kier alpha value is -1.53. The molecule has 3 nitrogen and oxygen atoms in total. The molecule has 2 aromatic rings. The Morgan fingerprint density at radius 1 is 1.18 bits per heavy atom. The van der Waals surface area contributed by atoms with E-state index in [1.165, 1.54) is 10.8 Å². The molecule has 0 bridgehead atoms. The van der Waals surface area contributed by atoms with E-state index in [-0.39, 0.29) is 0 Å². The number of benzene rings is 1. The summed E-state index contributed by atoms with van der Waals surface area (Å²) in [5, 5.41) is 4.36. The second-order valence-corrected chi connectivity index (χ2v) is 5.68. The first-order chi connectivity index (χ1) is 10.5. The molecule has 3 rings (SSSR count). The van der Waals surface area contributed by atoms with Crippen molar-refractivity contribution in [3.8, 4) is 0 Å². The Morgan fingerprint density at radius 3 is 2.68 bits per heavy atom. The fraction of sp³-hybridized carbons (Fsp3) is 0.500. The predicted molar refractivity (Wildman–Crippen MR) is 78.7 cm³/mol. The lowest BCUT2D eigenvalue weighted by Crippen LogP contribution is -2.34. The molecule has 1 fully saturated rings. The van der Waals surface area contributed by atoms with Gasteiger partial charge in [-0.05, 0) is 30.5 Å². The average Bonchev–Trinajstić information content (AvgIpc) is 2.88. The van der Waals surface area contributed by atoms with E-state index in [2.05, 4.69) is 5.32 Å². The summed E-state index contributed by atoms with van der Waals surface area (Å²) in [6.45, 7) is 1.25. The third-order valence-corrected chi connectivity index (χ3v) is 4.06. The molecule has 1 aromatic heterocycles. The van der Waals surface area contributed by atoms with Crippen molar-refractivity contribution in [1.29, 1.82) is 0 Å². The fourth-order valence-electron chi connectivity index (χ4n) is 2.93. The number of rotatable bonds is 4. The van der Waals surface area contributed by atoms with Crippen molar-refractivity contribution in [2.24, 2.45) is 0 Å². The van der Waals surface area contributed by atoms with Gasteiger partial charge in [-0.3, -0.25) is 0 Å². The van der Waals surface area contributed by atoms with Gasteiger partial charge in [-0.2, -0.15) is 13.2 Å². The van der Waals surface area contributed by atoms with Crippen molar-refractivity contribution in [1.82, 2.24) is 9.88 Å². The molecule has 22 heavy (non-hydrogen) atoms. The van der Waals surface area contributed by atoms with Gasteiger partial charge in [-0.1, -0.05) is 12.1 Å². The minimum atomic E-state index is -4.21. The van der Waals surface area contributed by atoms with Gasteiger partial charge in [0.25, 0.3) is 0 Å². The van der Waals surface area contributed by atoms with Crippen molar-refractivity contribution in [3.05, 3.63) is 36.0 Å². The molecule has 1 N–H and O–H groups in total. The van der Waals surface area contributed by atoms with Crippen LogP contribution >= 0.6 is 0 Å². The van der Waals surface area contributed by atoms with Crippen molar-refractivity contribution >= 4 is 10.9 Å². The van der Waals surface area contributed by atoms with E-state index in [4.69, 9.17) is 4.74 Å². The highest BCUT2D eigenvalue weighted by molar-refractivity contribution is 5.83. The highest BCUT2D eigenvalue weighted by atomic mass is 19.4. The van der Waals surface area contributed by atoms with E-state index in [0.29, 0.717) is 18.1 Å². The molecule has 1 aromatic carbocycles. The molecular formula is C16H19F3N2O. The molecule has 120 valence electrons. The summed E-state index contributed by atoms with van der Waals surface area (Å²) in [6, 6.07) is 7.70. The van der Waals surface area contributed by atoms with E-state index >= 15 is 0 Å². The number of hydrogen-bond acceptors (Lipinski definition) is 2. The van der Waals surface area contributed by atoms with E-state index in [1.54, 1.807) is 12.1 Å². The third-order valence-electron chi connectivity index (χ3n) is 4.06. The van der Waals surface area contributed by atoms with Crippen LogP contribution in [0.25, 0.3) is 10.9 Å². The van der Waals surface area contributed by atoms with E-state index in [9.17, 15) is 13.2 Å². The second kappa shape index (κ2) is 6.30. The second-order valence-electron chi connectivity index (χ2n) is 5.68. The van der Waals surface area contributed by atoms with E-state index in [1.807, 2.05) is 12.1 Å². The third kappa shape index (κ3) is 3.62. The number of fused-ring (bicyclic) bond motifs is 1. The molecule has 0 saturated carbocycles. The van der Waals surface area contributed by atoms with Crippen LogP contribution in [0, 0.1) is 0 Å². The monoisotopic (exact) mass is 312 g/mol. The summed E-state index contributed by atoms with van der Waals surface area (Å²) in [5.74, 6) is 0. The van der Waals surface area contributed by atoms with Crippen LogP contribution in [0.15, 0.2) is 30.5 Å².